The molecule has 4 aromatic rings. The Hall–Kier alpha value is -3.14. The van der Waals surface area contributed by atoms with Crippen LogP contribution in [0.15, 0.2) is 46.2 Å². The summed E-state index contributed by atoms with van der Waals surface area (Å²) in [5.41, 5.74) is 7.83. The zero-order chi connectivity index (χ0) is 19.0. The van der Waals surface area contributed by atoms with Crippen LogP contribution in [0.25, 0.3) is 10.9 Å². The number of nitrogens with two attached hydrogens (primary N) is 1. The summed E-state index contributed by atoms with van der Waals surface area (Å²) in [6.45, 7) is 2.45. The van der Waals surface area contributed by atoms with Crippen LogP contribution in [0.3, 0.4) is 0 Å². The Morgan fingerprint density at radius 3 is 2.89 bits per heavy atom. The van der Waals surface area contributed by atoms with Gasteiger partial charge in [0.25, 0.3) is 5.56 Å². The van der Waals surface area contributed by atoms with Gasteiger partial charge in [0.1, 0.15) is 17.3 Å². The lowest BCUT2D eigenvalue weighted by atomic mass is 10.2. The Labute approximate surface area is 162 Å². The van der Waals surface area contributed by atoms with Crippen LogP contribution in [0.1, 0.15) is 17.1 Å². The maximum absolute atomic E-state index is 12.7. The number of nitrogen functional groups attached to an aromatic ring is 1. The van der Waals surface area contributed by atoms with Gasteiger partial charge in [0.15, 0.2) is 0 Å². The molecule has 0 aliphatic carbocycles. The van der Waals surface area contributed by atoms with Crippen molar-refractivity contribution < 1.29 is 0 Å². The van der Waals surface area contributed by atoms with Crippen LogP contribution in [0.5, 0.6) is 0 Å². The topological polar surface area (TPSA) is 117 Å². The lowest BCUT2D eigenvalue weighted by Gasteiger charge is -2.05. The maximum Gasteiger partial charge on any atom is 0.261 e. The van der Waals surface area contributed by atoms with Crippen LogP contribution >= 0.6 is 15.9 Å². The largest absolute Gasteiger partial charge is 0.383 e. The first-order valence-corrected chi connectivity index (χ1v) is 8.90. The number of hydrogen-bond acceptors (Lipinski definition) is 7. The summed E-state index contributed by atoms with van der Waals surface area (Å²) in [4.78, 5) is 25.3. The fourth-order valence-corrected chi connectivity index (χ4v) is 3.08. The van der Waals surface area contributed by atoms with Crippen molar-refractivity contribution in [3.05, 3.63) is 68.8 Å². The van der Waals surface area contributed by atoms with Crippen molar-refractivity contribution in [1.82, 2.24) is 34.5 Å². The van der Waals surface area contributed by atoms with E-state index in [-0.39, 0.29) is 12.1 Å². The highest BCUT2D eigenvalue weighted by Crippen LogP contribution is 2.15. The number of rotatable bonds is 4. The van der Waals surface area contributed by atoms with Gasteiger partial charge in [-0.2, -0.15) is 0 Å². The van der Waals surface area contributed by atoms with E-state index in [0.717, 1.165) is 10.0 Å². The van der Waals surface area contributed by atoms with Crippen LogP contribution in [0, 0.1) is 6.92 Å². The SMILES string of the molecule is Cc1ncc(Cn2cc(Cn3cnc4ccc(Br)cc4c3=O)nn2)c(N)n1. The van der Waals surface area contributed by atoms with Crippen LogP contribution < -0.4 is 11.3 Å². The van der Waals surface area contributed by atoms with Gasteiger partial charge in [-0.25, -0.2) is 19.6 Å². The molecule has 0 atom stereocenters. The fourth-order valence-electron chi connectivity index (χ4n) is 2.72. The molecule has 4 rings (SSSR count). The van der Waals surface area contributed by atoms with Crippen molar-refractivity contribution >= 4 is 32.7 Å². The second-order valence-electron chi connectivity index (χ2n) is 6.07. The van der Waals surface area contributed by atoms with Gasteiger partial charge >= 0.3 is 0 Å². The summed E-state index contributed by atoms with van der Waals surface area (Å²) in [7, 11) is 0. The van der Waals surface area contributed by atoms with Gasteiger partial charge < -0.3 is 5.73 Å². The van der Waals surface area contributed by atoms with Gasteiger partial charge in [0, 0.05) is 16.2 Å². The predicted molar refractivity (Wildman–Crippen MR) is 103 cm³/mol. The van der Waals surface area contributed by atoms with Gasteiger partial charge in [-0.1, -0.05) is 21.1 Å². The molecule has 27 heavy (non-hydrogen) atoms. The molecule has 0 saturated heterocycles. The van der Waals surface area contributed by atoms with Crippen molar-refractivity contribution in [3.8, 4) is 0 Å². The second kappa shape index (κ2) is 6.88. The maximum atomic E-state index is 12.7. The molecule has 0 bridgehead atoms. The van der Waals surface area contributed by atoms with E-state index in [0.29, 0.717) is 34.8 Å². The molecule has 2 N–H and O–H groups in total. The monoisotopic (exact) mass is 426 g/mol. The Bertz CT molecular complexity index is 1200. The first-order chi connectivity index (χ1) is 13.0. The quantitative estimate of drug-likeness (QED) is 0.525. The van der Waals surface area contributed by atoms with Gasteiger partial charge in [-0.15, -0.1) is 5.10 Å². The van der Waals surface area contributed by atoms with Crippen molar-refractivity contribution in [2.75, 3.05) is 5.73 Å². The molecule has 9 nitrogen and oxygen atoms in total. The molecular formula is C17H15BrN8O. The Morgan fingerprint density at radius 1 is 1.22 bits per heavy atom. The lowest BCUT2D eigenvalue weighted by molar-refractivity contribution is 0.645. The minimum Gasteiger partial charge on any atom is -0.383 e. The zero-order valence-corrected chi connectivity index (χ0v) is 16.0. The third-order valence-electron chi connectivity index (χ3n) is 4.06. The average molecular weight is 427 g/mol. The molecule has 0 radical (unpaired) electrons. The van der Waals surface area contributed by atoms with E-state index in [2.05, 4.69) is 41.2 Å². The summed E-state index contributed by atoms with van der Waals surface area (Å²) in [5.74, 6) is 1.03. The molecule has 0 spiro atoms. The van der Waals surface area contributed by atoms with E-state index < -0.39 is 0 Å². The molecular weight excluding hydrogens is 412 g/mol. The first-order valence-electron chi connectivity index (χ1n) is 8.11. The molecule has 0 unspecified atom stereocenters. The van der Waals surface area contributed by atoms with Gasteiger partial charge in [-0.05, 0) is 25.1 Å². The van der Waals surface area contributed by atoms with Crippen LogP contribution in [0.2, 0.25) is 0 Å². The van der Waals surface area contributed by atoms with Crippen molar-refractivity contribution in [2.24, 2.45) is 0 Å². The molecule has 3 heterocycles. The number of aromatic nitrogens is 7. The predicted octanol–water partition coefficient (Wildman–Crippen LogP) is 1.53. The molecule has 0 saturated carbocycles. The van der Waals surface area contributed by atoms with E-state index in [1.165, 1.54) is 10.9 Å². The van der Waals surface area contributed by atoms with Crippen molar-refractivity contribution in [1.29, 1.82) is 0 Å². The zero-order valence-electron chi connectivity index (χ0n) is 14.4. The number of fused-ring (bicyclic) bond motifs is 1. The molecule has 136 valence electrons. The summed E-state index contributed by atoms with van der Waals surface area (Å²) in [6, 6.07) is 5.42. The standard InChI is InChI=1S/C17H15BrN8O/c1-10-20-5-11(16(19)22-10)6-26-8-13(23-24-26)7-25-9-21-15-3-2-12(18)4-14(15)17(25)27/h2-5,8-9H,6-7H2,1H3,(H2,19,20,22). The Morgan fingerprint density at radius 2 is 2.07 bits per heavy atom. The van der Waals surface area contributed by atoms with Gasteiger partial charge in [0.2, 0.25) is 0 Å². The van der Waals surface area contributed by atoms with Gasteiger partial charge in [0.05, 0.1) is 36.5 Å². The van der Waals surface area contributed by atoms with Crippen LogP contribution in [-0.4, -0.2) is 34.5 Å². The normalized spacial score (nSPS) is 11.2. The molecule has 0 aliphatic heterocycles. The molecule has 0 aliphatic rings. The van der Waals surface area contributed by atoms with Crippen molar-refractivity contribution in [3.63, 3.8) is 0 Å². The second-order valence-corrected chi connectivity index (χ2v) is 6.99. The van der Waals surface area contributed by atoms with Crippen LogP contribution in [-0.2, 0) is 13.1 Å². The van der Waals surface area contributed by atoms with E-state index in [1.807, 2.05) is 6.07 Å². The number of aryl methyl sites for hydroxylation is 1. The molecule has 0 fully saturated rings. The Kier molecular flexibility index (Phi) is 4.40. The molecule has 1 aromatic carbocycles. The summed E-state index contributed by atoms with van der Waals surface area (Å²) in [6.07, 6.45) is 4.95. The molecule has 10 heteroatoms. The summed E-state index contributed by atoms with van der Waals surface area (Å²) in [5, 5.41) is 8.76. The number of nitrogens with zero attached hydrogens (tertiary/aromatic N) is 7. The van der Waals surface area contributed by atoms with Gasteiger partial charge in [-0.3, -0.25) is 9.36 Å². The van der Waals surface area contributed by atoms with E-state index in [4.69, 9.17) is 5.73 Å². The number of benzene rings is 1. The van der Waals surface area contributed by atoms with E-state index >= 15 is 0 Å². The van der Waals surface area contributed by atoms with E-state index in [1.54, 1.807) is 36.1 Å². The van der Waals surface area contributed by atoms with Crippen LogP contribution in [0.4, 0.5) is 5.82 Å². The number of anilines is 1. The first kappa shape index (κ1) is 17.3. The number of hydrogen-bond donors (Lipinski definition) is 1. The Balaban J connectivity index is 1.58. The smallest absolute Gasteiger partial charge is 0.261 e. The lowest BCUT2D eigenvalue weighted by Crippen LogP contribution is -2.21. The fraction of sp³-hybridized carbons (Fsp3) is 0.176. The molecule has 0 amide bonds. The highest BCUT2D eigenvalue weighted by atomic mass is 79.9. The summed E-state index contributed by atoms with van der Waals surface area (Å²) < 4.78 is 3.97. The average Bonchev–Trinajstić information content (AvgIpc) is 3.07. The number of halogens is 1. The molecule has 3 aromatic heterocycles. The third-order valence-corrected chi connectivity index (χ3v) is 4.55. The van der Waals surface area contributed by atoms with Crippen molar-refractivity contribution in [2.45, 2.75) is 20.0 Å². The highest BCUT2D eigenvalue weighted by Gasteiger charge is 2.09. The minimum absolute atomic E-state index is 0.132. The third kappa shape index (κ3) is 3.56. The minimum atomic E-state index is -0.132. The van der Waals surface area contributed by atoms with E-state index in [9.17, 15) is 4.79 Å². The summed E-state index contributed by atoms with van der Waals surface area (Å²) >= 11 is 3.38. The highest BCUT2D eigenvalue weighted by molar-refractivity contribution is 9.10.